The van der Waals surface area contributed by atoms with Crippen LogP contribution in [0.3, 0.4) is 0 Å². The van der Waals surface area contributed by atoms with E-state index in [9.17, 15) is 13.2 Å². The van der Waals surface area contributed by atoms with E-state index in [2.05, 4.69) is 39.0 Å². The summed E-state index contributed by atoms with van der Waals surface area (Å²) < 4.78 is 27.4. The number of nitrogens with zero attached hydrogens (tertiary/aromatic N) is 2. The normalized spacial score (nSPS) is 23.5. The van der Waals surface area contributed by atoms with Crippen molar-refractivity contribution in [1.82, 2.24) is 14.9 Å². The molecular weight excluding hydrogens is 436 g/mol. The molecule has 2 aromatic carbocycles. The zero-order chi connectivity index (χ0) is 23.6. The lowest BCUT2D eigenvalue weighted by Crippen LogP contribution is -2.45. The Hall–Kier alpha value is -2.71. The first-order chi connectivity index (χ1) is 15.8. The van der Waals surface area contributed by atoms with Gasteiger partial charge in [-0.2, -0.15) is 0 Å². The molecule has 33 heavy (non-hydrogen) atoms. The topological polar surface area (TPSA) is 90.9 Å². The molecule has 0 saturated carbocycles. The van der Waals surface area contributed by atoms with Gasteiger partial charge in [-0.15, -0.1) is 0 Å². The lowest BCUT2D eigenvalue weighted by molar-refractivity contribution is -0.124. The molecule has 1 amide bonds. The molecule has 2 N–H and O–H groups in total. The van der Waals surface area contributed by atoms with Crippen LogP contribution in [0.5, 0.6) is 0 Å². The molecule has 176 valence electrons. The highest BCUT2D eigenvalue weighted by atomic mass is 32.2. The van der Waals surface area contributed by atoms with Crippen LogP contribution >= 0.6 is 0 Å². The van der Waals surface area contributed by atoms with Gasteiger partial charge < -0.3 is 5.32 Å². The third kappa shape index (κ3) is 4.96. The molecule has 7 nitrogen and oxygen atoms in total. The first kappa shape index (κ1) is 23.4. The van der Waals surface area contributed by atoms with E-state index in [1.165, 1.54) is 5.56 Å². The SMILES string of the molecule is CC[C@H](C)[C@H](N=C1NS(=O)(=O)c2ccccc21)C(=O)NC1CCN(C(C)c2ccccc2)C1. The summed E-state index contributed by atoms with van der Waals surface area (Å²) in [6, 6.07) is 16.8. The second-order valence-corrected chi connectivity index (χ2v) is 10.6. The summed E-state index contributed by atoms with van der Waals surface area (Å²) in [6.45, 7) is 7.87. The minimum atomic E-state index is -3.64. The number of sulfonamides is 1. The van der Waals surface area contributed by atoms with E-state index in [1.807, 2.05) is 32.0 Å². The molecule has 1 saturated heterocycles. The van der Waals surface area contributed by atoms with Crippen molar-refractivity contribution in [2.24, 2.45) is 10.9 Å². The smallest absolute Gasteiger partial charge is 0.263 e. The van der Waals surface area contributed by atoms with Crippen LogP contribution in [0.25, 0.3) is 0 Å². The molecule has 1 fully saturated rings. The maximum absolute atomic E-state index is 13.3. The first-order valence-electron chi connectivity index (χ1n) is 11.6. The number of carbonyl (C=O) groups excluding carboxylic acids is 1. The molecule has 4 atom stereocenters. The van der Waals surface area contributed by atoms with Crippen molar-refractivity contribution < 1.29 is 13.2 Å². The molecule has 0 radical (unpaired) electrons. The van der Waals surface area contributed by atoms with Gasteiger partial charge in [0.1, 0.15) is 11.9 Å². The van der Waals surface area contributed by atoms with Crippen LogP contribution in [0.15, 0.2) is 64.5 Å². The van der Waals surface area contributed by atoms with Crippen LogP contribution in [-0.2, 0) is 14.8 Å². The van der Waals surface area contributed by atoms with Crippen molar-refractivity contribution in [3.63, 3.8) is 0 Å². The molecule has 0 bridgehead atoms. The summed E-state index contributed by atoms with van der Waals surface area (Å²) in [5, 5.41) is 3.18. The Morgan fingerprint density at radius 1 is 1.15 bits per heavy atom. The molecule has 0 spiro atoms. The van der Waals surface area contributed by atoms with Crippen LogP contribution in [0.4, 0.5) is 0 Å². The summed E-state index contributed by atoms with van der Waals surface area (Å²) in [5.41, 5.74) is 1.78. The highest BCUT2D eigenvalue weighted by molar-refractivity contribution is 7.90. The second-order valence-electron chi connectivity index (χ2n) is 8.99. The summed E-state index contributed by atoms with van der Waals surface area (Å²) in [5.74, 6) is 0.0620. The quantitative estimate of drug-likeness (QED) is 0.653. The first-order valence-corrected chi connectivity index (χ1v) is 13.1. The van der Waals surface area contributed by atoms with E-state index < -0.39 is 16.1 Å². The Kier molecular flexibility index (Phi) is 6.86. The van der Waals surface area contributed by atoms with Crippen LogP contribution in [0, 0.1) is 5.92 Å². The highest BCUT2D eigenvalue weighted by Crippen LogP contribution is 2.26. The summed E-state index contributed by atoms with van der Waals surface area (Å²) in [7, 11) is -3.64. The Bertz CT molecular complexity index is 1130. The molecule has 0 aliphatic carbocycles. The molecule has 2 aliphatic heterocycles. The summed E-state index contributed by atoms with van der Waals surface area (Å²) >= 11 is 0. The van der Waals surface area contributed by atoms with Crippen molar-refractivity contribution in [2.75, 3.05) is 13.1 Å². The molecule has 0 aromatic heterocycles. The van der Waals surface area contributed by atoms with Gasteiger partial charge in [0.15, 0.2) is 0 Å². The van der Waals surface area contributed by atoms with Gasteiger partial charge in [0.2, 0.25) is 5.91 Å². The van der Waals surface area contributed by atoms with Gasteiger partial charge in [-0.25, -0.2) is 8.42 Å². The number of rotatable bonds is 7. The van der Waals surface area contributed by atoms with Gasteiger partial charge in [-0.05, 0) is 37.0 Å². The van der Waals surface area contributed by atoms with Crippen molar-refractivity contribution in [1.29, 1.82) is 0 Å². The van der Waals surface area contributed by atoms with E-state index >= 15 is 0 Å². The van der Waals surface area contributed by atoms with Gasteiger partial charge in [-0.3, -0.25) is 19.4 Å². The second kappa shape index (κ2) is 9.65. The van der Waals surface area contributed by atoms with Gasteiger partial charge in [0.05, 0.1) is 4.90 Å². The number of nitrogens with one attached hydrogen (secondary N) is 2. The zero-order valence-electron chi connectivity index (χ0n) is 19.4. The van der Waals surface area contributed by atoms with Crippen molar-refractivity contribution in [3.8, 4) is 0 Å². The van der Waals surface area contributed by atoms with Crippen LogP contribution < -0.4 is 10.0 Å². The maximum atomic E-state index is 13.3. The Labute approximate surface area is 196 Å². The van der Waals surface area contributed by atoms with Gasteiger partial charge in [0.25, 0.3) is 10.0 Å². The number of fused-ring (bicyclic) bond motifs is 1. The van der Waals surface area contributed by atoms with E-state index in [0.29, 0.717) is 5.56 Å². The maximum Gasteiger partial charge on any atom is 0.263 e. The number of aliphatic imine (C=N–C) groups is 1. The molecule has 4 rings (SSSR count). The average molecular weight is 469 g/mol. The standard InChI is InChI=1S/C25H32N4O3S/c1-4-17(2)23(27-24-21-12-8-9-13-22(21)33(31,32)28-24)25(30)26-20-14-15-29(16-20)18(3)19-10-6-5-7-11-19/h5-13,17-18,20,23H,4,14-16H2,1-3H3,(H,26,30)(H,27,28)/t17-,18?,20?,23-/m0/s1. The van der Waals surface area contributed by atoms with E-state index in [4.69, 9.17) is 0 Å². The van der Waals surface area contributed by atoms with Crippen molar-refractivity contribution in [2.45, 2.75) is 56.6 Å². The van der Waals surface area contributed by atoms with Crippen molar-refractivity contribution >= 4 is 21.8 Å². The Morgan fingerprint density at radius 2 is 1.85 bits per heavy atom. The monoisotopic (exact) mass is 468 g/mol. The number of likely N-dealkylation sites (tertiary alicyclic amines) is 1. The zero-order valence-corrected chi connectivity index (χ0v) is 20.2. The average Bonchev–Trinajstić information content (AvgIpc) is 3.39. The van der Waals surface area contributed by atoms with Crippen LogP contribution in [0.1, 0.15) is 50.8 Å². The number of hydrogen-bond donors (Lipinski definition) is 2. The summed E-state index contributed by atoms with van der Waals surface area (Å²) in [4.78, 5) is 20.5. The van der Waals surface area contributed by atoms with Gasteiger partial charge >= 0.3 is 0 Å². The van der Waals surface area contributed by atoms with Crippen LogP contribution in [0.2, 0.25) is 0 Å². The van der Waals surface area contributed by atoms with E-state index in [-0.39, 0.29) is 34.6 Å². The third-order valence-electron chi connectivity index (χ3n) is 6.78. The highest BCUT2D eigenvalue weighted by Gasteiger charge is 2.34. The minimum absolute atomic E-state index is 0.0319. The number of amidine groups is 1. The molecule has 2 unspecified atom stereocenters. The number of amides is 1. The number of carbonyl (C=O) groups is 1. The molecule has 8 heteroatoms. The molecule has 2 aromatic rings. The lowest BCUT2D eigenvalue weighted by Gasteiger charge is -2.25. The fourth-order valence-corrected chi connectivity index (χ4v) is 5.76. The minimum Gasteiger partial charge on any atom is -0.350 e. The molecule has 2 heterocycles. The number of hydrogen-bond acceptors (Lipinski definition) is 5. The largest absolute Gasteiger partial charge is 0.350 e. The van der Waals surface area contributed by atoms with Crippen LogP contribution in [-0.4, -0.2) is 50.2 Å². The number of benzene rings is 2. The van der Waals surface area contributed by atoms with E-state index in [0.717, 1.165) is 25.9 Å². The van der Waals surface area contributed by atoms with Gasteiger partial charge in [-0.1, -0.05) is 62.7 Å². The summed E-state index contributed by atoms with van der Waals surface area (Å²) in [6.07, 6.45) is 1.63. The Balaban J connectivity index is 1.48. The lowest BCUT2D eigenvalue weighted by atomic mass is 9.98. The molecule has 2 aliphatic rings. The third-order valence-corrected chi connectivity index (χ3v) is 8.18. The predicted molar refractivity (Wildman–Crippen MR) is 130 cm³/mol. The Morgan fingerprint density at radius 3 is 2.58 bits per heavy atom. The fraction of sp³-hybridized carbons (Fsp3) is 0.440. The van der Waals surface area contributed by atoms with Gasteiger partial charge in [0, 0.05) is 30.7 Å². The van der Waals surface area contributed by atoms with Crippen molar-refractivity contribution in [3.05, 3.63) is 65.7 Å². The fourth-order valence-electron chi connectivity index (χ4n) is 4.52. The van der Waals surface area contributed by atoms with E-state index in [1.54, 1.807) is 24.3 Å². The predicted octanol–water partition coefficient (Wildman–Crippen LogP) is 3.09. The molecular formula is C25H32N4O3S.